The van der Waals surface area contributed by atoms with Crippen molar-refractivity contribution in [3.8, 4) is 0 Å². The minimum atomic E-state index is -3.33. The molecule has 2 aromatic carbocycles. The van der Waals surface area contributed by atoms with Gasteiger partial charge in [-0.1, -0.05) is 35.9 Å². The van der Waals surface area contributed by atoms with Crippen LogP contribution in [0.25, 0.3) is 0 Å². The highest BCUT2D eigenvalue weighted by Gasteiger charge is 2.36. The van der Waals surface area contributed by atoms with Crippen LogP contribution in [0.5, 0.6) is 0 Å². The van der Waals surface area contributed by atoms with Gasteiger partial charge in [-0.15, -0.1) is 0 Å². The summed E-state index contributed by atoms with van der Waals surface area (Å²) in [6.07, 6.45) is 0.873. The lowest BCUT2D eigenvalue weighted by Crippen LogP contribution is -2.40. The van der Waals surface area contributed by atoms with Gasteiger partial charge in [0.25, 0.3) is 0 Å². The minimum absolute atomic E-state index is 0.0220. The van der Waals surface area contributed by atoms with Crippen molar-refractivity contribution in [3.63, 3.8) is 0 Å². The molecule has 0 spiro atoms. The van der Waals surface area contributed by atoms with E-state index >= 15 is 0 Å². The summed E-state index contributed by atoms with van der Waals surface area (Å²) in [6.45, 7) is 5.44. The molecule has 1 N–H and O–H groups in total. The number of sulfone groups is 1. The normalized spacial score (nSPS) is 20.8. The molecule has 1 aliphatic rings. The van der Waals surface area contributed by atoms with Crippen LogP contribution in [-0.4, -0.2) is 44.2 Å². The molecule has 2 unspecified atom stereocenters. The van der Waals surface area contributed by atoms with Crippen molar-refractivity contribution in [3.05, 3.63) is 64.9 Å². The van der Waals surface area contributed by atoms with Gasteiger partial charge < -0.3 is 5.32 Å². The van der Waals surface area contributed by atoms with E-state index in [1.54, 1.807) is 36.4 Å². The molecule has 0 aliphatic carbocycles. The first-order valence-corrected chi connectivity index (χ1v) is 11.5. The predicted molar refractivity (Wildman–Crippen MR) is 111 cm³/mol. The fourth-order valence-corrected chi connectivity index (χ4v) is 5.17. The molecule has 0 amide bonds. The molecule has 2 aromatic rings. The summed E-state index contributed by atoms with van der Waals surface area (Å²) in [5.74, 6) is -0.406. The number of likely N-dealkylation sites (tertiary alicyclic amines) is 1. The zero-order valence-corrected chi connectivity index (χ0v) is 17.7. The van der Waals surface area contributed by atoms with Crippen LogP contribution in [0.2, 0.25) is 5.02 Å². The van der Waals surface area contributed by atoms with E-state index in [0.717, 1.165) is 18.5 Å². The molecular weight excluding hydrogens is 399 g/mol. The maximum atomic E-state index is 14.0. The van der Waals surface area contributed by atoms with E-state index in [9.17, 15) is 12.8 Å². The maximum Gasteiger partial charge on any atom is 0.179 e. The average Bonchev–Trinajstić information content (AvgIpc) is 3.09. The largest absolute Gasteiger partial charge is 0.311 e. The molecule has 2 atom stereocenters. The zero-order chi connectivity index (χ0) is 20.3. The number of benzene rings is 2. The van der Waals surface area contributed by atoms with Gasteiger partial charge in [-0.3, -0.25) is 4.90 Å². The van der Waals surface area contributed by atoms with E-state index in [2.05, 4.69) is 24.1 Å². The van der Waals surface area contributed by atoms with E-state index < -0.39 is 15.7 Å². The molecule has 0 saturated carbocycles. The van der Waals surface area contributed by atoms with Crippen molar-refractivity contribution in [2.45, 2.75) is 43.3 Å². The Hall–Kier alpha value is -1.47. The van der Waals surface area contributed by atoms with Crippen molar-refractivity contribution in [1.82, 2.24) is 10.2 Å². The van der Waals surface area contributed by atoms with Gasteiger partial charge in [0, 0.05) is 25.2 Å². The molecule has 4 nitrogen and oxygen atoms in total. The van der Waals surface area contributed by atoms with Gasteiger partial charge >= 0.3 is 0 Å². The summed E-state index contributed by atoms with van der Waals surface area (Å²) in [5, 5.41) is 3.51. The van der Waals surface area contributed by atoms with Crippen molar-refractivity contribution < 1.29 is 12.8 Å². The molecule has 7 heteroatoms. The maximum absolute atomic E-state index is 14.0. The zero-order valence-electron chi connectivity index (χ0n) is 16.1. The second-order valence-corrected chi connectivity index (χ2v) is 9.95. The van der Waals surface area contributed by atoms with Crippen molar-refractivity contribution in [2.75, 3.05) is 18.8 Å². The number of hydrogen-bond acceptors (Lipinski definition) is 4. The third-order valence-corrected chi connectivity index (χ3v) is 7.30. The molecule has 1 heterocycles. The standard InChI is InChI=1S/C21H26ClFN2O2S/c1-15(2)25-12-10-20(21(25)16-8-9-18(22)19(23)14-16)24-11-13-28(26,27)17-6-4-3-5-7-17/h3-9,14-15,20-21,24H,10-13H2,1-2H3. The third kappa shape index (κ3) is 4.74. The van der Waals surface area contributed by atoms with E-state index in [-0.39, 0.29) is 22.9 Å². The topological polar surface area (TPSA) is 49.4 Å². The Morgan fingerprint density at radius 1 is 1.21 bits per heavy atom. The molecule has 3 rings (SSSR count). The van der Waals surface area contributed by atoms with Crippen molar-refractivity contribution in [2.24, 2.45) is 0 Å². The number of hydrogen-bond donors (Lipinski definition) is 1. The number of halogens is 2. The highest BCUT2D eigenvalue weighted by Crippen LogP contribution is 2.35. The number of nitrogens with one attached hydrogen (secondary N) is 1. The summed E-state index contributed by atoms with van der Waals surface area (Å²) in [7, 11) is -3.33. The molecule has 152 valence electrons. The lowest BCUT2D eigenvalue weighted by atomic mass is 9.99. The molecule has 0 bridgehead atoms. The van der Waals surface area contributed by atoms with Crippen LogP contribution in [0.3, 0.4) is 0 Å². The van der Waals surface area contributed by atoms with Crippen LogP contribution in [0, 0.1) is 5.82 Å². The summed E-state index contributed by atoms with van der Waals surface area (Å²) in [6, 6.07) is 13.7. The van der Waals surface area contributed by atoms with Gasteiger partial charge in [-0.2, -0.15) is 0 Å². The monoisotopic (exact) mass is 424 g/mol. The van der Waals surface area contributed by atoms with Crippen LogP contribution in [-0.2, 0) is 9.84 Å². The number of rotatable bonds is 7. The summed E-state index contributed by atoms with van der Waals surface area (Å²) in [4.78, 5) is 2.65. The van der Waals surface area contributed by atoms with Gasteiger partial charge in [0.1, 0.15) is 5.82 Å². The highest BCUT2D eigenvalue weighted by atomic mass is 35.5. The highest BCUT2D eigenvalue weighted by molar-refractivity contribution is 7.91. The fraction of sp³-hybridized carbons (Fsp3) is 0.429. The predicted octanol–water partition coefficient (Wildman–Crippen LogP) is 4.07. The Balaban J connectivity index is 1.72. The van der Waals surface area contributed by atoms with Crippen LogP contribution < -0.4 is 5.32 Å². The van der Waals surface area contributed by atoms with Gasteiger partial charge in [0.15, 0.2) is 9.84 Å². The quantitative estimate of drug-likeness (QED) is 0.728. The Kier molecular flexibility index (Phi) is 6.76. The van der Waals surface area contributed by atoms with Crippen LogP contribution >= 0.6 is 11.6 Å². The van der Waals surface area contributed by atoms with Crippen molar-refractivity contribution >= 4 is 21.4 Å². The summed E-state index contributed by atoms with van der Waals surface area (Å²) in [5.41, 5.74) is 0.858. The molecular formula is C21H26ClFN2O2S. The summed E-state index contributed by atoms with van der Waals surface area (Å²) < 4.78 is 39.0. The fourth-order valence-electron chi connectivity index (χ4n) is 3.85. The second-order valence-electron chi connectivity index (χ2n) is 7.43. The van der Waals surface area contributed by atoms with E-state index in [4.69, 9.17) is 11.6 Å². The smallest absolute Gasteiger partial charge is 0.179 e. The number of nitrogens with zero attached hydrogens (tertiary/aromatic N) is 1. The van der Waals surface area contributed by atoms with E-state index in [1.165, 1.54) is 6.07 Å². The first-order valence-electron chi connectivity index (χ1n) is 9.51. The molecule has 28 heavy (non-hydrogen) atoms. The van der Waals surface area contributed by atoms with Crippen LogP contribution in [0.15, 0.2) is 53.4 Å². The molecule has 1 fully saturated rings. The van der Waals surface area contributed by atoms with Gasteiger partial charge in [0.2, 0.25) is 0 Å². The Morgan fingerprint density at radius 2 is 1.93 bits per heavy atom. The Labute approximate surface area is 171 Å². The van der Waals surface area contributed by atoms with E-state index in [0.29, 0.717) is 17.5 Å². The Morgan fingerprint density at radius 3 is 2.57 bits per heavy atom. The van der Waals surface area contributed by atoms with E-state index in [1.807, 2.05) is 6.07 Å². The minimum Gasteiger partial charge on any atom is -0.311 e. The molecule has 1 saturated heterocycles. The Bertz CT molecular complexity index is 906. The summed E-state index contributed by atoms with van der Waals surface area (Å²) >= 11 is 5.84. The van der Waals surface area contributed by atoms with Gasteiger partial charge in [-0.25, -0.2) is 12.8 Å². The lowest BCUT2D eigenvalue weighted by Gasteiger charge is -2.32. The first kappa shape index (κ1) is 21.2. The van der Waals surface area contributed by atoms with Crippen LogP contribution in [0.1, 0.15) is 31.9 Å². The van der Waals surface area contributed by atoms with Gasteiger partial charge in [0.05, 0.1) is 21.7 Å². The second kappa shape index (κ2) is 8.91. The third-order valence-electron chi connectivity index (χ3n) is 5.26. The average molecular weight is 425 g/mol. The molecule has 0 radical (unpaired) electrons. The van der Waals surface area contributed by atoms with Crippen LogP contribution in [0.4, 0.5) is 4.39 Å². The van der Waals surface area contributed by atoms with Crippen molar-refractivity contribution in [1.29, 1.82) is 0 Å². The SMILES string of the molecule is CC(C)N1CCC(NCCS(=O)(=O)c2ccccc2)C1c1ccc(Cl)c(F)c1. The van der Waals surface area contributed by atoms with Gasteiger partial charge in [-0.05, 0) is 50.1 Å². The first-order chi connectivity index (χ1) is 13.3. The molecule has 1 aliphatic heterocycles. The lowest BCUT2D eigenvalue weighted by molar-refractivity contribution is 0.190. The molecule has 0 aromatic heterocycles.